The maximum atomic E-state index is 11.2. The molecule has 0 aromatic heterocycles. The molecule has 154 valence electrons. The number of likely N-dealkylation sites (tertiary alicyclic amines) is 1. The van der Waals surface area contributed by atoms with E-state index in [1.54, 1.807) is 0 Å². The molecule has 1 saturated heterocycles. The summed E-state index contributed by atoms with van der Waals surface area (Å²) in [4.78, 5) is 26.1. The molecule has 1 aromatic carbocycles. The topological polar surface area (TPSA) is 40.6 Å². The highest BCUT2D eigenvalue weighted by molar-refractivity contribution is 6.21. The molecule has 2 heterocycles. The molecule has 0 atom stereocenters. The summed E-state index contributed by atoms with van der Waals surface area (Å²) in [5, 5.41) is 0. The molecule has 3 rings (SSSR count). The monoisotopic (exact) mass is 384 g/mol. The van der Waals surface area contributed by atoms with E-state index < -0.39 is 0 Å². The minimum absolute atomic E-state index is 0.315. The predicted molar refractivity (Wildman–Crippen MR) is 119 cm³/mol. The summed E-state index contributed by atoms with van der Waals surface area (Å²) in [6, 6.07) is 10.7. The van der Waals surface area contributed by atoms with Gasteiger partial charge in [-0.3, -0.25) is 19.4 Å². The number of hydrogen-bond acceptors (Lipinski definition) is 3. The minimum Gasteiger partial charge on any atom is -0.299 e. The van der Waals surface area contributed by atoms with Crippen molar-refractivity contribution < 1.29 is 9.59 Å². The quantitative estimate of drug-likeness (QED) is 0.687. The maximum Gasteiger partial charge on any atom is 0.261 e. The second kappa shape index (κ2) is 14.6. The van der Waals surface area contributed by atoms with Crippen molar-refractivity contribution in [3.05, 3.63) is 72.4 Å². The van der Waals surface area contributed by atoms with Crippen LogP contribution in [0.3, 0.4) is 0 Å². The number of amides is 2. The van der Waals surface area contributed by atoms with E-state index in [4.69, 9.17) is 0 Å². The number of carbonyl (C=O) groups is 2. The Morgan fingerprint density at radius 2 is 1.29 bits per heavy atom. The van der Waals surface area contributed by atoms with Crippen LogP contribution in [0.5, 0.6) is 0 Å². The van der Waals surface area contributed by atoms with Crippen LogP contribution in [-0.2, 0) is 16.1 Å². The fourth-order valence-corrected chi connectivity index (χ4v) is 2.86. The fourth-order valence-electron chi connectivity index (χ4n) is 2.86. The van der Waals surface area contributed by atoms with Gasteiger partial charge in [-0.25, -0.2) is 0 Å². The van der Waals surface area contributed by atoms with E-state index in [0.717, 1.165) is 11.4 Å². The summed E-state index contributed by atoms with van der Waals surface area (Å²) in [6.45, 7) is 18.6. The Balaban J connectivity index is 0.000000443. The number of benzene rings is 1. The van der Waals surface area contributed by atoms with Gasteiger partial charge in [0.05, 0.1) is 11.1 Å². The van der Waals surface area contributed by atoms with E-state index in [2.05, 4.69) is 48.4 Å². The van der Waals surface area contributed by atoms with E-state index in [9.17, 15) is 9.59 Å². The fraction of sp³-hybridized carbons (Fsp3) is 0.417. The number of nitrogens with zero attached hydrogens (tertiary/aromatic N) is 2. The second-order valence-corrected chi connectivity index (χ2v) is 5.87. The van der Waals surface area contributed by atoms with Gasteiger partial charge in [0, 0.05) is 13.6 Å². The number of likely N-dealkylation sites (N-methyl/N-ethyl adjacent to an activating group) is 1. The molecule has 2 aliphatic rings. The highest BCUT2D eigenvalue weighted by atomic mass is 16.2. The average molecular weight is 385 g/mol. The number of carbonyl (C=O) groups excluding carboxylic acids is 2. The largest absolute Gasteiger partial charge is 0.299 e. The summed E-state index contributed by atoms with van der Waals surface area (Å²) in [6.07, 6.45) is 5.52. The summed E-state index contributed by atoms with van der Waals surface area (Å²) in [7, 11) is 1.44. The van der Waals surface area contributed by atoms with Crippen LogP contribution >= 0.6 is 0 Å². The Labute approximate surface area is 171 Å². The zero-order valence-electron chi connectivity index (χ0n) is 18.2. The molecule has 0 unspecified atom stereocenters. The first-order valence-electron chi connectivity index (χ1n) is 10.2. The molecule has 0 saturated carbocycles. The predicted octanol–water partition coefficient (Wildman–Crippen LogP) is 4.99. The summed E-state index contributed by atoms with van der Waals surface area (Å²) >= 11 is 0. The van der Waals surface area contributed by atoms with Gasteiger partial charge in [-0.05, 0) is 31.5 Å². The number of rotatable bonds is 4. The van der Waals surface area contributed by atoms with Crippen molar-refractivity contribution >= 4 is 11.8 Å². The summed E-state index contributed by atoms with van der Waals surface area (Å²) in [5.74, 6) is -0.630. The molecule has 28 heavy (non-hydrogen) atoms. The van der Waals surface area contributed by atoms with Crippen molar-refractivity contribution in [2.45, 2.75) is 47.1 Å². The van der Waals surface area contributed by atoms with Gasteiger partial charge in [-0.1, -0.05) is 83.3 Å². The van der Waals surface area contributed by atoms with Crippen molar-refractivity contribution in [1.82, 2.24) is 9.80 Å². The van der Waals surface area contributed by atoms with Crippen LogP contribution in [0.25, 0.3) is 0 Å². The summed E-state index contributed by atoms with van der Waals surface area (Å²) in [5.41, 5.74) is 2.11. The first kappa shape index (κ1) is 25.5. The van der Waals surface area contributed by atoms with Gasteiger partial charge in [-0.2, -0.15) is 0 Å². The lowest BCUT2D eigenvalue weighted by Gasteiger charge is -2.13. The molecular weight excluding hydrogens is 348 g/mol. The standard InChI is InChI=1S/C11H15N.C9H9NO2.2C2H6/c1-2-6-11(7-3-1)10-12-8-4-5-9-12;1-4-6-7(5-2)9(12)10(3)8(6)11;2*1-2/h1-3,6-7H,4-5,8-10H2;4-5H,1-2H2,3H3;2*1-2H3. The molecule has 0 bridgehead atoms. The van der Waals surface area contributed by atoms with Crippen LogP contribution in [0.2, 0.25) is 0 Å². The van der Waals surface area contributed by atoms with Gasteiger partial charge in [0.1, 0.15) is 0 Å². The maximum absolute atomic E-state index is 11.2. The van der Waals surface area contributed by atoms with Gasteiger partial charge in [0.2, 0.25) is 0 Å². The Kier molecular flexibility index (Phi) is 13.3. The molecule has 0 spiro atoms. The molecule has 1 aromatic rings. The normalized spacial score (nSPS) is 15.7. The lowest BCUT2D eigenvalue weighted by Crippen LogP contribution is -2.26. The van der Waals surface area contributed by atoms with Gasteiger partial charge in [0.15, 0.2) is 0 Å². The van der Waals surface area contributed by atoms with Crippen molar-refractivity contribution in [3.63, 3.8) is 0 Å². The minimum atomic E-state index is -0.315. The zero-order valence-corrected chi connectivity index (χ0v) is 18.2. The van der Waals surface area contributed by atoms with Crippen LogP contribution in [-0.4, -0.2) is 41.8 Å². The van der Waals surface area contributed by atoms with Crippen molar-refractivity contribution in [1.29, 1.82) is 0 Å². The Bertz CT molecular complexity index is 626. The van der Waals surface area contributed by atoms with Gasteiger partial charge in [0.25, 0.3) is 11.8 Å². The first-order chi connectivity index (χ1) is 13.6. The van der Waals surface area contributed by atoms with Crippen LogP contribution in [0.1, 0.15) is 46.1 Å². The number of imide groups is 1. The number of hydrogen-bond donors (Lipinski definition) is 0. The van der Waals surface area contributed by atoms with Gasteiger partial charge in [-0.15, -0.1) is 0 Å². The van der Waals surface area contributed by atoms with Crippen LogP contribution in [0.4, 0.5) is 0 Å². The van der Waals surface area contributed by atoms with Gasteiger partial charge >= 0.3 is 0 Å². The molecule has 0 radical (unpaired) electrons. The van der Waals surface area contributed by atoms with Crippen LogP contribution < -0.4 is 0 Å². The van der Waals surface area contributed by atoms with Crippen LogP contribution in [0.15, 0.2) is 66.8 Å². The van der Waals surface area contributed by atoms with Crippen molar-refractivity contribution in [2.75, 3.05) is 20.1 Å². The highest BCUT2D eigenvalue weighted by Gasteiger charge is 2.31. The molecule has 2 amide bonds. The third kappa shape index (κ3) is 7.28. The second-order valence-electron chi connectivity index (χ2n) is 5.87. The first-order valence-corrected chi connectivity index (χ1v) is 10.2. The van der Waals surface area contributed by atoms with E-state index in [-0.39, 0.29) is 11.8 Å². The van der Waals surface area contributed by atoms with E-state index in [1.165, 1.54) is 50.7 Å². The SMILES string of the molecule is C=CC1=C(C=C)C(=O)N(C)C1=O.CC.CC.c1ccc(CN2CCCC2)cc1. The third-order valence-corrected chi connectivity index (χ3v) is 4.22. The van der Waals surface area contributed by atoms with Gasteiger partial charge < -0.3 is 0 Å². The lowest BCUT2D eigenvalue weighted by molar-refractivity contribution is -0.135. The average Bonchev–Trinajstić information content (AvgIpc) is 3.34. The van der Waals surface area contributed by atoms with E-state index >= 15 is 0 Å². The third-order valence-electron chi connectivity index (χ3n) is 4.22. The van der Waals surface area contributed by atoms with Crippen LogP contribution in [0, 0.1) is 0 Å². The van der Waals surface area contributed by atoms with Crippen molar-refractivity contribution in [2.24, 2.45) is 0 Å². The highest BCUT2D eigenvalue weighted by Crippen LogP contribution is 2.20. The van der Waals surface area contributed by atoms with E-state index in [1.807, 2.05) is 27.7 Å². The summed E-state index contributed by atoms with van der Waals surface area (Å²) < 4.78 is 0. The Morgan fingerprint density at radius 1 is 0.857 bits per heavy atom. The molecule has 2 aliphatic heterocycles. The lowest BCUT2D eigenvalue weighted by atomic mass is 10.1. The molecule has 4 heteroatoms. The molecule has 4 nitrogen and oxygen atoms in total. The Hall–Kier alpha value is -2.46. The van der Waals surface area contributed by atoms with Crippen molar-refractivity contribution in [3.8, 4) is 0 Å². The molecule has 0 aliphatic carbocycles. The Morgan fingerprint density at radius 3 is 1.68 bits per heavy atom. The van der Waals surface area contributed by atoms with E-state index in [0.29, 0.717) is 11.1 Å². The zero-order chi connectivity index (χ0) is 21.5. The molecule has 1 fully saturated rings. The molecular formula is C24H36N2O2. The molecule has 0 N–H and O–H groups in total. The smallest absolute Gasteiger partial charge is 0.261 e.